The molecule has 0 saturated carbocycles. The van der Waals surface area contributed by atoms with Gasteiger partial charge in [-0.25, -0.2) is 0 Å². The van der Waals surface area contributed by atoms with Gasteiger partial charge in [-0.2, -0.15) is 0 Å². The molecule has 0 spiro atoms. The van der Waals surface area contributed by atoms with Crippen molar-refractivity contribution in [1.82, 2.24) is 0 Å². The van der Waals surface area contributed by atoms with Gasteiger partial charge in [0.1, 0.15) is 5.75 Å². The molecule has 3 rings (SSSR count). The zero-order valence-corrected chi connectivity index (χ0v) is 14.0. The zero-order valence-electron chi connectivity index (χ0n) is 12.4. The minimum absolute atomic E-state index is 0.0595. The van der Waals surface area contributed by atoms with Gasteiger partial charge < -0.3 is 19.5 Å². The molecule has 0 radical (unpaired) electrons. The molecule has 120 valence electrons. The molecule has 0 unspecified atom stereocenters. The number of fused-ring (bicyclic) bond motifs is 1. The smallest absolute Gasteiger partial charge is 0.262 e. The SMILES string of the molecule is O=C(COc1ccc(Br)cc1)Nc1ccc2c(c1)OCCCO2. The summed E-state index contributed by atoms with van der Waals surface area (Å²) in [4.78, 5) is 12.0. The number of nitrogens with one attached hydrogen (secondary N) is 1. The number of rotatable bonds is 4. The highest BCUT2D eigenvalue weighted by atomic mass is 79.9. The van der Waals surface area contributed by atoms with E-state index in [1.54, 1.807) is 30.3 Å². The molecule has 1 aliphatic rings. The number of carbonyl (C=O) groups excluding carboxylic acids is 1. The normalized spacial score (nSPS) is 13.1. The van der Waals surface area contributed by atoms with Gasteiger partial charge in [-0.15, -0.1) is 0 Å². The van der Waals surface area contributed by atoms with Gasteiger partial charge in [0.05, 0.1) is 13.2 Å². The van der Waals surface area contributed by atoms with Gasteiger partial charge in [-0.3, -0.25) is 4.79 Å². The fourth-order valence-electron chi connectivity index (χ4n) is 2.12. The van der Waals surface area contributed by atoms with Gasteiger partial charge in [0.2, 0.25) is 0 Å². The molecule has 1 aliphatic heterocycles. The fraction of sp³-hybridized carbons (Fsp3) is 0.235. The van der Waals surface area contributed by atoms with Crippen molar-refractivity contribution in [3.05, 3.63) is 46.9 Å². The number of benzene rings is 2. The van der Waals surface area contributed by atoms with Crippen molar-refractivity contribution in [2.24, 2.45) is 0 Å². The lowest BCUT2D eigenvalue weighted by Gasteiger charge is -2.11. The molecular weight excluding hydrogens is 362 g/mol. The minimum Gasteiger partial charge on any atom is -0.490 e. The van der Waals surface area contributed by atoms with Crippen molar-refractivity contribution < 1.29 is 19.0 Å². The molecule has 6 heteroatoms. The van der Waals surface area contributed by atoms with Crippen LogP contribution in [0.4, 0.5) is 5.69 Å². The third-order valence-electron chi connectivity index (χ3n) is 3.21. The Bertz CT molecular complexity index is 687. The Morgan fingerprint density at radius 1 is 1.09 bits per heavy atom. The Morgan fingerprint density at radius 3 is 2.61 bits per heavy atom. The Hall–Kier alpha value is -2.21. The highest BCUT2D eigenvalue weighted by molar-refractivity contribution is 9.10. The second-order valence-electron chi connectivity index (χ2n) is 5.00. The number of halogens is 1. The van der Waals surface area contributed by atoms with E-state index >= 15 is 0 Å². The maximum absolute atomic E-state index is 12.0. The number of carbonyl (C=O) groups is 1. The van der Waals surface area contributed by atoms with E-state index in [9.17, 15) is 4.79 Å². The summed E-state index contributed by atoms with van der Waals surface area (Å²) >= 11 is 3.35. The third kappa shape index (κ3) is 4.39. The number of hydrogen-bond donors (Lipinski definition) is 1. The first-order chi connectivity index (χ1) is 11.2. The molecule has 0 bridgehead atoms. The molecule has 2 aromatic carbocycles. The van der Waals surface area contributed by atoms with E-state index in [0.29, 0.717) is 36.1 Å². The summed E-state index contributed by atoms with van der Waals surface area (Å²) < 4.78 is 17.6. The van der Waals surface area contributed by atoms with Crippen LogP contribution in [0.5, 0.6) is 17.2 Å². The number of anilines is 1. The first kappa shape index (κ1) is 15.7. The summed E-state index contributed by atoms with van der Waals surface area (Å²) in [5, 5.41) is 2.79. The van der Waals surface area contributed by atoms with Gasteiger partial charge in [0.25, 0.3) is 5.91 Å². The van der Waals surface area contributed by atoms with Crippen LogP contribution in [0.2, 0.25) is 0 Å². The van der Waals surface area contributed by atoms with E-state index in [2.05, 4.69) is 21.2 Å². The lowest BCUT2D eigenvalue weighted by atomic mass is 10.2. The van der Waals surface area contributed by atoms with Gasteiger partial charge in [-0.05, 0) is 36.4 Å². The Labute approximate surface area is 142 Å². The van der Waals surface area contributed by atoms with Gasteiger partial charge in [0.15, 0.2) is 18.1 Å². The van der Waals surface area contributed by atoms with Crippen LogP contribution in [0.25, 0.3) is 0 Å². The third-order valence-corrected chi connectivity index (χ3v) is 3.74. The van der Waals surface area contributed by atoms with Crippen LogP contribution in [-0.2, 0) is 4.79 Å². The van der Waals surface area contributed by atoms with E-state index in [1.165, 1.54) is 0 Å². The van der Waals surface area contributed by atoms with E-state index in [1.807, 2.05) is 12.1 Å². The maximum Gasteiger partial charge on any atom is 0.262 e. The number of hydrogen-bond acceptors (Lipinski definition) is 4. The molecule has 23 heavy (non-hydrogen) atoms. The van der Waals surface area contributed by atoms with E-state index in [4.69, 9.17) is 14.2 Å². The Balaban J connectivity index is 1.57. The predicted molar refractivity (Wildman–Crippen MR) is 90.3 cm³/mol. The summed E-state index contributed by atoms with van der Waals surface area (Å²) in [5.74, 6) is 1.75. The largest absolute Gasteiger partial charge is 0.490 e. The number of amides is 1. The lowest BCUT2D eigenvalue weighted by molar-refractivity contribution is -0.118. The highest BCUT2D eigenvalue weighted by Gasteiger charge is 2.12. The van der Waals surface area contributed by atoms with Crippen molar-refractivity contribution in [1.29, 1.82) is 0 Å². The van der Waals surface area contributed by atoms with Gasteiger partial charge in [0, 0.05) is 22.6 Å². The number of ether oxygens (including phenoxy) is 3. The first-order valence-corrected chi connectivity index (χ1v) is 8.08. The van der Waals surface area contributed by atoms with Crippen LogP contribution >= 0.6 is 15.9 Å². The van der Waals surface area contributed by atoms with Gasteiger partial charge in [-0.1, -0.05) is 15.9 Å². The molecule has 0 atom stereocenters. The first-order valence-electron chi connectivity index (χ1n) is 7.28. The molecule has 1 N–H and O–H groups in total. The van der Waals surface area contributed by atoms with Crippen LogP contribution in [0.15, 0.2) is 46.9 Å². The molecule has 5 nitrogen and oxygen atoms in total. The fourth-order valence-corrected chi connectivity index (χ4v) is 2.38. The molecule has 0 aromatic heterocycles. The van der Waals surface area contributed by atoms with Crippen molar-refractivity contribution in [2.45, 2.75) is 6.42 Å². The van der Waals surface area contributed by atoms with Crippen LogP contribution in [0.1, 0.15) is 6.42 Å². The Morgan fingerprint density at radius 2 is 1.83 bits per heavy atom. The summed E-state index contributed by atoms with van der Waals surface area (Å²) in [6.07, 6.45) is 0.845. The standard InChI is InChI=1S/C17H16BrNO4/c18-12-2-5-14(6-3-12)23-11-17(20)19-13-4-7-15-16(10-13)22-9-1-8-21-15/h2-7,10H,1,8-9,11H2,(H,19,20). The van der Waals surface area contributed by atoms with Gasteiger partial charge >= 0.3 is 0 Å². The van der Waals surface area contributed by atoms with Crippen molar-refractivity contribution in [3.63, 3.8) is 0 Å². The monoisotopic (exact) mass is 377 g/mol. The van der Waals surface area contributed by atoms with Crippen molar-refractivity contribution >= 4 is 27.5 Å². The zero-order chi connectivity index (χ0) is 16.1. The molecular formula is C17H16BrNO4. The average molecular weight is 378 g/mol. The highest BCUT2D eigenvalue weighted by Crippen LogP contribution is 2.32. The average Bonchev–Trinajstić information content (AvgIpc) is 2.79. The summed E-state index contributed by atoms with van der Waals surface area (Å²) in [7, 11) is 0. The van der Waals surface area contributed by atoms with Crippen LogP contribution < -0.4 is 19.5 Å². The molecule has 1 amide bonds. The van der Waals surface area contributed by atoms with E-state index in [0.717, 1.165) is 10.9 Å². The summed E-state index contributed by atoms with van der Waals surface area (Å²) in [5.41, 5.74) is 0.652. The summed E-state index contributed by atoms with van der Waals surface area (Å²) in [6.45, 7) is 1.19. The van der Waals surface area contributed by atoms with E-state index in [-0.39, 0.29) is 12.5 Å². The molecule has 0 fully saturated rings. The molecule has 0 aliphatic carbocycles. The minimum atomic E-state index is -0.234. The van der Waals surface area contributed by atoms with Crippen LogP contribution in [0, 0.1) is 0 Å². The van der Waals surface area contributed by atoms with Crippen molar-refractivity contribution in [2.75, 3.05) is 25.1 Å². The van der Waals surface area contributed by atoms with Crippen molar-refractivity contribution in [3.8, 4) is 17.2 Å². The molecule has 1 heterocycles. The van der Waals surface area contributed by atoms with E-state index < -0.39 is 0 Å². The summed E-state index contributed by atoms with van der Waals surface area (Å²) in [6, 6.07) is 12.7. The molecule has 2 aromatic rings. The Kier molecular flexibility index (Phi) is 5.02. The molecule has 0 saturated heterocycles. The van der Waals surface area contributed by atoms with Crippen LogP contribution in [-0.4, -0.2) is 25.7 Å². The topological polar surface area (TPSA) is 56.8 Å². The maximum atomic E-state index is 12.0. The quantitative estimate of drug-likeness (QED) is 0.883. The predicted octanol–water partition coefficient (Wildman–Crippen LogP) is 3.63. The second-order valence-corrected chi connectivity index (χ2v) is 5.92. The second kappa shape index (κ2) is 7.37. The van der Waals surface area contributed by atoms with Crippen LogP contribution in [0.3, 0.4) is 0 Å². The lowest BCUT2D eigenvalue weighted by Crippen LogP contribution is -2.20.